The van der Waals surface area contributed by atoms with Crippen molar-refractivity contribution in [2.45, 2.75) is 18.7 Å². The molecule has 0 saturated heterocycles. The summed E-state index contributed by atoms with van der Waals surface area (Å²) in [6, 6.07) is 17.0. The topological polar surface area (TPSA) is 90.9 Å². The number of ether oxygens (including phenoxy) is 1. The first-order valence-corrected chi connectivity index (χ1v) is 12.9. The van der Waals surface area contributed by atoms with Gasteiger partial charge in [-0.15, -0.1) is 0 Å². The number of aliphatic hydroxyl groups is 1. The average molecular weight is 566 g/mol. The molecule has 3 aromatic rings. The van der Waals surface area contributed by atoms with Gasteiger partial charge in [0.25, 0.3) is 5.91 Å². The second-order valence-corrected chi connectivity index (χ2v) is 9.72. The highest BCUT2D eigenvalue weighted by molar-refractivity contribution is 6.03. The van der Waals surface area contributed by atoms with Crippen molar-refractivity contribution in [1.82, 2.24) is 4.90 Å². The van der Waals surface area contributed by atoms with Crippen LogP contribution in [0.25, 0.3) is 5.57 Å². The second-order valence-electron chi connectivity index (χ2n) is 9.72. The second kappa shape index (κ2) is 12.8. The van der Waals surface area contributed by atoms with Crippen LogP contribution in [0.4, 0.5) is 24.5 Å². The molecule has 0 radical (unpaired) electrons. The van der Waals surface area contributed by atoms with Gasteiger partial charge in [0, 0.05) is 36.0 Å². The van der Waals surface area contributed by atoms with Crippen molar-refractivity contribution in [1.29, 1.82) is 0 Å². The maximum Gasteiger partial charge on any atom is 0.416 e. The van der Waals surface area contributed by atoms with Gasteiger partial charge in [0.2, 0.25) is 5.91 Å². The molecule has 1 aliphatic heterocycles. The van der Waals surface area contributed by atoms with Crippen molar-refractivity contribution in [3.8, 4) is 5.75 Å². The molecule has 214 valence electrons. The third-order valence-corrected chi connectivity index (χ3v) is 6.40. The van der Waals surface area contributed by atoms with Crippen molar-refractivity contribution in [3.63, 3.8) is 0 Å². The van der Waals surface area contributed by atoms with E-state index < -0.39 is 29.7 Å². The fourth-order valence-electron chi connectivity index (χ4n) is 4.22. The number of amides is 2. The summed E-state index contributed by atoms with van der Waals surface area (Å²) in [6.45, 7) is 1.24. The Kier molecular flexibility index (Phi) is 9.26. The Balaban J connectivity index is 1.56. The van der Waals surface area contributed by atoms with Crippen LogP contribution in [0.15, 0.2) is 85.0 Å². The molecule has 0 fully saturated rings. The molecule has 7 nitrogen and oxygen atoms in total. The van der Waals surface area contributed by atoms with Crippen LogP contribution in [0.3, 0.4) is 0 Å². The van der Waals surface area contributed by atoms with Gasteiger partial charge in [0.15, 0.2) is 0 Å². The number of nitrogens with one attached hydrogen (secondary N) is 2. The lowest BCUT2D eigenvalue weighted by Crippen LogP contribution is -2.34. The fourth-order valence-corrected chi connectivity index (χ4v) is 4.22. The van der Waals surface area contributed by atoms with Crippen LogP contribution in [-0.4, -0.2) is 55.2 Å². The number of hydrogen-bond acceptors (Lipinski definition) is 5. The molecule has 1 unspecified atom stereocenters. The quantitative estimate of drug-likeness (QED) is 0.247. The largest absolute Gasteiger partial charge is 0.492 e. The summed E-state index contributed by atoms with van der Waals surface area (Å²) in [4.78, 5) is 26.5. The van der Waals surface area contributed by atoms with Gasteiger partial charge < -0.3 is 25.4 Å². The van der Waals surface area contributed by atoms with E-state index in [1.165, 1.54) is 24.3 Å². The van der Waals surface area contributed by atoms with Gasteiger partial charge in [-0.1, -0.05) is 42.5 Å². The number of allylic oxidation sites excluding steroid dienone is 2. The standard InChI is InChI=1S/C31H30F3N3O4/c1-37(2)17-18-41-23-15-11-21(12-16-23)24(20-9-13-22(14-10-20)31(32,33)34)5-3-8-29(39)35-26-6-4-7-27-25(26)19-28(38)30(40)36-27/h3-16,28,38H,17-19H2,1-2H3,(H,35,39)(H,36,40)/b8-3+,24-5-. The van der Waals surface area contributed by atoms with Crippen LogP contribution < -0.4 is 15.4 Å². The molecule has 0 aliphatic carbocycles. The number of likely N-dealkylation sites (N-methyl/N-ethyl adjacent to an activating group) is 1. The highest BCUT2D eigenvalue weighted by atomic mass is 19.4. The third-order valence-electron chi connectivity index (χ3n) is 6.40. The lowest BCUT2D eigenvalue weighted by molar-refractivity contribution is -0.137. The van der Waals surface area contributed by atoms with E-state index in [0.717, 1.165) is 24.2 Å². The normalized spacial score (nSPS) is 15.5. The van der Waals surface area contributed by atoms with Crippen molar-refractivity contribution < 1.29 is 32.6 Å². The van der Waals surface area contributed by atoms with Crippen molar-refractivity contribution in [3.05, 3.63) is 107 Å². The van der Waals surface area contributed by atoms with Gasteiger partial charge in [0.05, 0.1) is 5.56 Å². The number of nitrogens with zero attached hydrogens (tertiary/aromatic N) is 1. The number of anilines is 2. The van der Waals surface area contributed by atoms with Gasteiger partial charge in [-0.25, -0.2) is 0 Å². The molecule has 3 aromatic carbocycles. The summed E-state index contributed by atoms with van der Waals surface area (Å²) in [5.74, 6) is -0.308. The zero-order valence-electron chi connectivity index (χ0n) is 22.5. The zero-order chi connectivity index (χ0) is 29.6. The smallest absolute Gasteiger partial charge is 0.416 e. The Hall–Kier alpha value is -4.41. The van der Waals surface area contributed by atoms with Crippen molar-refractivity contribution in [2.24, 2.45) is 0 Å². The van der Waals surface area contributed by atoms with E-state index in [1.807, 2.05) is 19.0 Å². The van der Waals surface area contributed by atoms with Gasteiger partial charge in [-0.3, -0.25) is 9.59 Å². The molecule has 1 atom stereocenters. The number of aliphatic hydroxyl groups excluding tert-OH is 1. The van der Waals surface area contributed by atoms with Gasteiger partial charge >= 0.3 is 6.18 Å². The first-order chi connectivity index (χ1) is 19.5. The van der Waals surface area contributed by atoms with E-state index in [0.29, 0.717) is 40.4 Å². The summed E-state index contributed by atoms with van der Waals surface area (Å²) in [6.07, 6.45) is -1.16. The SMILES string of the molecule is CN(C)CCOc1ccc(/C(=C\C=C\C(=O)Nc2cccc3c2CC(O)C(=O)N3)c2ccc(C(F)(F)F)cc2)cc1. The number of rotatable bonds is 9. The fraction of sp³-hybridized carbons (Fsp3) is 0.226. The zero-order valence-corrected chi connectivity index (χ0v) is 22.5. The van der Waals surface area contributed by atoms with E-state index >= 15 is 0 Å². The molecule has 3 N–H and O–H groups in total. The van der Waals surface area contributed by atoms with Crippen LogP contribution in [0, 0.1) is 0 Å². The first kappa shape index (κ1) is 29.6. The van der Waals surface area contributed by atoms with Crippen LogP contribution in [0.2, 0.25) is 0 Å². The Labute approximate surface area is 235 Å². The van der Waals surface area contributed by atoms with Gasteiger partial charge in [0.1, 0.15) is 18.5 Å². The molecule has 4 rings (SSSR count). The number of fused-ring (bicyclic) bond motifs is 1. The van der Waals surface area contributed by atoms with Crippen LogP contribution >= 0.6 is 0 Å². The van der Waals surface area contributed by atoms with Gasteiger partial charge in [-0.2, -0.15) is 13.2 Å². The van der Waals surface area contributed by atoms with E-state index in [2.05, 4.69) is 10.6 Å². The molecular weight excluding hydrogens is 535 g/mol. The minimum absolute atomic E-state index is 0.0637. The molecule has 10 heteroatoms. The minimum Gasteiger partial charge on any atom is -0.492 e. The maximum atomic E-state index is 13.1. The number of carbonyl (C=O) groups excluding carboxylic acids is 2. The molecule has 0 aromatic heterocycles. The van der Waals surface area contributed by atoms with E-state index in [9.17, 15) is 27.9 Å². The summed E-state index contributed by atoms with van der Waals surface area (Å²) >= 11 is 0. The van der Waals surface area contributed by atoms with E-state index in [-0.39, 0.29) is 6.42 Å². The average Bonchev–Trinajstić information content (AvgIpc) is 2.92. The molecule has 41 heavy (non-hydrogen) atoms. The number of benzene rings is 3. The molecule has 1 heterocycles. The maximum absolute atomic E-state index is 13.1. The molecule has 1 aliphatic rings. The molecule has 0 bridgehead atoms. The predicted octanol–water partition coefficient (Wildman–Crippen LogP) is 5.13. The predicted molar refractivity (Wildman–Crippen MR) is 152 cm³/mol. The number of alkyl halides is 3. The lowest BCUT2D eigenvalue weighted by Gasteiger charge is -2.23. The number of hydrogen-bond donors (Lipinski definition) is 3. The molecule has 0 saturated carbocycles. The Morgan fingerprint density at radius 2 is 1.73 bits per heavy atom. The Morgan fingerprint density at radius 1 is 1.07 bits per heavy atom. The number of carbonyl (C=O) groups is 2. The van der Waals surface area contributed by atoms with E-state index in [4.69, 9.17) is 4.74 Å². The highest BCUT2D eigenvalue weighted by Crippen LogP contribution is 2.32. The Morgan fingerprint density at radius 3 is 2.37 bits per heavy atom. The van der Waals surface area contributed by atoms with E-state index in [1.54, 1.807) is 48.5 Å². The minimum atomic E-state index is -4.46. The lowest BCUT2D eigenvalue weighted by atomic mass is 9.96. The number of halogens is 3. The monoisotopic (exact) mass is 565 g/mol. The molecule has 2 amide bonds. The molecule has 0 spiro atoms. The summed E-state index contributed by atoms with van der Waals surface area (Å²) in [7, 11) is 3.89. The summed E-state index contributed by atoms with van der Waals surface area (Å²) in [5, 5.41) is 15.3. The van der Waals surface area contributed by atoms with Gasteiger partial charge in [-0.05, 0) is 67.2 Å². The first-order valence-electron chi connectivity index (χ1n) is 12.9. The van der Waals surface area contributed by atoms with Crippen LogP contribution in [0.1, 0.15) is 22.3 Å². The highest BCUT2D eigenvalue weighted by Gasteiger charge is 2.30. The molecular formula is C31H30F3N3O4. The summed E-state index contributed by atoms with van der Waals surface area (Å²) < 4.78 is 45.1. The third kappa shape index (κ3) is 7.84. The summed E-state index contributed by atoms with van der Waals surface area (Å²) in [5.41, 5.74) is 2.67. The van der Waals surface area contributed by atoms with Crippen molar-refractivity contribution >= 4 is 28.8 Å². The van der Waals surface area contributed by atoms with Crippen LogP contribution in [0.5, 0.6) is 5.75 Å². The van der Waals surface area contributed by atoms with Crippen molar-refractivity contribution in [2.75, 3.05) is 37.9 Å². The Bertz CT molecular complexity index is 1450. The van der Waals surface area contributed by atoms with Crippen LogP contribution in [-0.2, 0) is 22.2 Å².